The molecule has 0 atom stereocenters. The number of aromatic amines is 1. The third-order valence-electron chi connectivity index (χ3n) is 6.65. The van der Waals surface area contributed by atoms with Crippen molar-refractivity contribution in [3.8, 4) is 5.75 Å². The van der Waals surface area contributed by atoms with Crippen molar-refractivity contribution in [2.75, 3.05) is 11.4 Å². The molecule has 1 aromatic carbocycles. The van der Waals surface area contributed by atoms with Crippen LogP contribution >= 0.6 is 23.2 Å². The monoisotopic (exact) mass is 528 g/mol. The fraction of sp³-hybridized carbons (Fsp3) is 0.444. The molecule has 9 heteroatoms. The van der Waals surface area contributed by atoms with Gasteiger partial charge in [0.2, 0.25) is 0 Å². The standard InChI is InChI=1S/C27H30Cl2N4O3/c1-27(2,3)36-26(34)33-12-11-21(29)23(24-25(33)20-14-30-31-15-22(20)32-24)16-7-9-18(10-8-16)35-19-6-4-5-17(28)13-19/h4-6,11,13,15-16,18,32H,7-10,12,14H2,1-3H3/t16-,18-. The summed E-state index contributed by atoms with van der Waals surface area (Å²) >= 11 is 13.0. The van der Waals surface area contributed by atoms with Crippen LogP contribution in [0.2, 0.25) is 5.02 Å². The van der Waals surface area contributed by atoms with Crippen molar-refractivity contribution >= 4 is 46.8 Å². The molecule has 1 fully saturated rings. The fourth-order valence-corrected chi connectivity index (χ4v) is 5.60. The molecular formula is C27H30Cl2N4O3. The van der Waals surface area contributed by atoms with Crippen LogP contribution < -0.4 is 20.3 Å². The maximum atomic E-state index is 13.3. The van der Waals surface area contributed by atoms with Crippen LogP contribution in [-0.2, 0) is 11.3 Å². The SMILES string of the molecule is CC(C)(C)OC(=O)N1CC=C(Cl)C([C@H]2CC[C@H](Oc3cccc(Cl)c3)CC2)=c2[nH]c3c(c21)CN=NC=3. The summed E-state index contributed by atoms with van der Waals surface area (Å²) in [5.74, 6) is 1.01. The molecule has 5 rings (SSSR count). The van der Waals surface area contributed by atoms with Crippen molar-refractivity contribution in [1.82, 2.24) is 4.98 Å². The number of nitrogens with zero attached hydrogens (tertiary/aromatic N) is 3. The summed E-state index contributed by atoms with van der Waals surface area (Å²) in [7, 11) is 0. The van der Waals surface area contributed by atoms with Crippen LogP contribution in [0.15, 0.2) is 45.6 Å². The van der Waals surface area contributed by atoms with E-state index in [4.69, 9.17) is 32.7 Å². The molecule has 36 heavy (non-hydrogen) atoms. The Balaban J connectivity index is 1.48. The van der Waals surface area contributed by atoms with E-state index in [1.54, 1.807) is 11.1 Å². The Labute approximate surface area is 220 Å². The van der Waals surface area contributed by atoms with E-state index in [-0.39, 0.29) is 12.0 Å². The third-order valence-corrected chi connectivity index (χ3v) is 7.24. The molecule has 0 spiro atoms. The lowest BCUT2D eigenvalue weighted by Crippen LogP contribution is -2.39. The highest BCUT2D eigenvalue weighted by atomic mass is 35.5. The van der Waals surface area contributed by atoms with Crippen molar-refractivity contribution in [3.05, 3.63) is 56.7 Å². The summed E-state index contributed by atoms with van der Waals surface area (Å²) < 4.78 is 12.0. The molecule has 3 aliphatic rings. The highest BCUT2D eigenvalue weighted by Gasteiger charge is 2.33. The van der Waals surface area contributed by atoms with E-state index >= 15 is 0 Å². The molecule has 0 saturated heterocycles. The minimum atomic E-state index is -0.618. The van der Waals surface area contributed by atoms with Crippen LogP contribution in [0, 0.1) is 5.92 Å². The molecular weight excluding hydrogens is 499 g/mol. The van der Waals surface area contributed by atoms with Gasteiger partial charge >= 0.3 is 6.09 Å². The number of hydrogen-bond donors (Lipinski definition) is 1. The number of azo groups is 1. The average molecular weight is 529 g/mol. The molecule has 2 aromatic rings. The van der Waals surface area contributed by atoms with Crippen molar-refractivity contribution in [3.63, 3.8) is 0 Å². The normalized spacial score (nSPS) is 21.6. The molecule has 0 radical (unpaired) electrons. The van der Waals surface area contributed by atoms with Crippen LogP contribution in [0.1, 0.15) is 52.0 Å². The number of H-pyrrole nitrogens is 1. The summed E-state index contributed by atoms with van der Waals surface area (Å²) in [6.45, 7) is 6.30. The van der Waals surface area contributed by atoms with Crippen molar-refractivity contribution in [2.24, 2.45) is 16.1 Å². The number of carbonyl (C=O) groups is 1. The van der Waals surface area contributed by atoms with Crippen molar-refractivity contribution in [1.29, 1.82) is 0 Å². The quantitative estimate of drug-likeness (QED) is 0.527. The van der Waals surface area contributed by atoms with Crippen molar-refractivity contribution in [2.45, 2.75) is 64.7 Å². The van der Waals surface area contributed by atoms with Crippen LogP contribution in [0.4, 0.5) is 10.5 Å². The number of amides is 1. The number of aromatic nitrogens is 1. The fourth-order valence-electron chi connectivity index (χ4n) is 5.10. The zero-order valence-corrected chi connectivity index (χ0v) is 22.2. The summed E-state index contributed by atoms with van der Waals surface area (Å²) in [4.78, 5) is 18.4. The number of nitrogens with one attached hydrogen (secondary N) is 1. The van der Waals surface area contributed by atoms with Crippen molar-refractivity contribution < 1.29 is 14.3 Å². The van der Waals surface area contributed by atoms with Crippen LogP contribution in [0.3, 0.4) is 0 Å². The predicted molar refractivity (Wildman–Crippen MR) is 142 cm³/mol. The number of benzene rings is 1. The molecule has 1 saturated carbocycles. The van der Waals surface area contributed by atoms with E-state index in [1.807, 2.05) is 51.1 Å². The number of hydrogen-bond acceptors (Lipinski definition) is 5. The Hall–Kier alpha value is -2.77. The second kappa shape index (κ2) is 9.94. The Bertz CT molecular complexity index is 1350. The lowest BCUT2D eigenvalue weighted by molar-refractivity contribution is 0.0584. The van der Waals surface area contributed by atoms with Gasteiger partial charge in [0.15, 0.2) is 0 Å². The van der Waals surface area contributed by atoms with E-state index in [1.165, 1.54) is 0 Å². The number of allylic oxidation sites excluding steroid dienone is 1. The summed E-state index contributed by atoms with van der Waals surface area (Å²) in [6, 6.07) is 7.52. The second-order valence-electron chi connectivity index (χ2n) is 10.4. The van der Waals surface area contributed by atoms with Gasteiger partial charge in [-0.25, -0.2) is 4.79 Å². The molecule has 1 N–H and O–H groups in total. The van der Waals surface area contributed by atoms with E-state index in [9.17, 15) is 4.79 Å². The lowest BCUT2D eigenvalue weighted by atomic mass is 9.81. The van der Waals surface area contributed by atoms with Gasteiger partial charge in [0.25, 0.3) is 0 Å². The first-order chi connectivity index (χ1) is 17.2. The Morgan fingerprint density at radius 1 is 1.17 bits per heavy atom. The van der Waals surface area contributed by atoms with E-state index in [0.29, 0.717) is 23.1 Å². The van der Waals surface area contributed by atoms with Crippen LogP contribution in [0.5, 0.6) is 5.75 Å². The first-order valence-electron chi connectivity index (χ1n) is 12.3. The third kappa shape index (κ3) is 5.18. The van der Waals surface area contributed by atoms with Gasteiger partial charge in [0, 0.05) is 22.2 Å². The molecule has 1 amide bonds. The zero-order chi connectivity index (χ0) is 25.4. The minimum absolute atomic E-state index is 0.120. The Morgan fingerprint density at radius 3 is 2.67 bits per heavy atom. The van der Waals surface area contributed by atoms with Gasteiger partial charge in [-0.1, -0.05) is 29.3 Å². The highest BCUT2D eigenvalue weighted by molar-refractivity contribution is 6.36. The smallest absolute Gasteiger partial charge is 0.415 e. The number of anilines is 1. The summed E-state index contributed by atoms with van der Waals surface area (Å²) in [5.41, 5.74) is 2.13. The molecule has 1 aliphatic carbocycles. The van der Waals surface area contributed by atoms with Crippen LogP contribution in [0.25, 0.3) is 11.8 Å². The number of ether oxygens (including phenoxy) is 2. The minimum Gasteiger partial charge on any atom is -0.490 e. The number of rotatable bonds is 3. The Morgan fingerprint density at radius 2 is 1.94 bits per heavy atom. The molecule has 0 unspecified atom stereocenters. The predicted octanol–water partition coefficient (Wildman–Crippen LogP) is 6.04. The average Bonchev–Trinajstić information content (AvgIpc) is 3.11. The molecule has 190 valence electrons. The van der Waals surface area contributed by atoms with Gasteiger partial charge in [-0.15, -0.1) is 0 Å². The molecule has 2 aliphatic heterocycles. The van der Waals surface area contributed by atoms with Gasteiger partial charge < -0.3 is 14.5 Å². The lowest BCUT2D eigenvalue weighted by Gasteiger charge is -2.30. The maximum Gasteiger partial charge on any atom is 0.415 e. The molecule has 7 nitrogen and oxygen atoms in total. The van der Waals surface area contributed by atoms with E-state index in [0.717, 1.165) is 59.0 Å². The first kappa shape index (κ1) is 24.9. The first-order valence-corrected chi connectivity index (χ1v) is 13.1. The summed E-state index contributed by atoms with van der Waals surface area (Å²) in [5, 5.41) is 11.3. The largest absolute Gasteiger partial charge is 0.490 e. The second-order valence-corrected chi connectivity index (χ2v) is 11.2. The van der Waals surface area contributed by atoms with E-state index < -0.39 is 11.7 Å². The number of halogens is 2. The highest BCUT2D eigenvalue weighted by Crippen LogP contribution is 2.38. The maximum absolute atomic E-state index is 13.3. The molecule has 0 bridgehead atoms. The van der Waals surface area contributed by atoms with E-state index in [2.05, 4.69) is 15.2 Å². The van der Waals surface area contributed by atoms with Gasteiger partial charge in [0.1, 0.15) is 11.4 Å². The number of carbonyl (C=O) groups excluding carboxylic acids is 1. The van der Waals surface area contributed by atoms with Crippen LogP contribution in [-0.4, -0.2) is 29.3 Å². The molecule has 1 aromatic heterocycles. The van der Waals surface area contributed by atoms with Gasteiger partial charge in [-0.3, -0.25) is 4.90 Å². The molecule has 3 heterocycles. The zero-order valence-electron chi connectivity index (χ0n) is 20.7. The van der Waals surface area contributed by atoms with Gasteiger partial charge in [-0.05, 0) is 82.2 Å². The topological polar surface area (TPSA) is 79.3 Å². The number of fused-ring (bicyclic) bond motifs is 3. The van der Waals surface area contributed by atoms with Gasteiger partial charge in [-0.2, -0.15) is 10.2 Å². The summed E-state index contributed by atoms with van der Waals surface area (Å²) in [6.07, 6.45) is 6.94. The Kier molecular flexibility index (Phi) is 6.88. The van der Waals surface area contributed by atoms with Gasteiger partial charge in [0.05, 0.1) is 35.2 Å².